The maximum Gasteiger partial charge on any atom is 0.283 e. The van der Waals surface area contributed by atoms with Gasteiger partial charge in [-0.2, -0.15) is 4.68 Å². The van der Waals surface area contributed by atoms with Gasteiger partial charge in [0.05, 0.1) is 17.8 Å². The number of aliphatic hydroxyl groups is 1. The van der Waals surface area contributed by atoms with Crippen LogP contribution in [0.15, 0.2) is 41.5 Å². The number of benzene rings is 1. The van der Waals surface area contributed by atoms with Crippen molar-refractivity contribution in [2.45, 2.75) is 44.2 Å². The number of para-hydroxylation sites is 1. The van der Waals surface area contributed by atoms with Gasteiger partial charge in [0.25, 0.3) is 5.56 Å². The van der Waals surface area contributed by atoms with Crippen LogP contribution in [0.5, 0.6) is 0 Å². The molecule has 2 aromatic heterocycles. The largest absolute Gasteiger partial charge is 0.388 e. The third-order valence-electron chi connectivity index (χ3n) is 4.68. The Hall–Kier alpha value is -2.54. The van der Waals surface area contributed by atoms with Gasteiger partial charge in [0.1, 0.15) is 6.33 Å². The molecule has 3 aromatic rings. The lowest BCUT2D eigenvalue weighted by atomic mass is 9.85. The molecule has 0 amide bonds. The van der Waals surface area contributed by atoms with Crippen LogP contribution in [0.4, 0.5) is 0 Å². The van der Waals surface area contributed by atoms with Gasteiger partial charge in [0, 0.05) is 0 Å². The molecule has 0 radical (unpaired) electrons. The molecule has 0 saturated heterocycles. The van der Waals surface area contributed by atoms with Crippen molar-refractivity contribution in [3.8, 4) is 5.69 Å². The number of hydrogen-bond acceptors (Lipinski definition) is 5. The zero-order valence-electron chi connectivity index (χ0n) is 13.3. The summed E-state index contributed by atoms with van der Waals surface area (Å²) in [6, 6.07) is 9.46. The van der Waals surface area contributed by atoms with E-state index in [0.29, 0.717) is 18.5 Å². The second-order valence-corrected chi connectivity index (χ2v) is 6.47. The monoisotopic (exact) mass is 325 g/mol. The minimum absolute atomic E-state index is 0.223. The maximum atomic E-state index is 12.7. The van der Waals surface area contributed by atoms with E-state index in [1.807, 2.05) is 30.3 Å². The lowest BCUT2D eigenvalue weighted by Crippen LogP contribution is -2.39. The van der Waals surface area contributed by atoms with Gasteiger partial charge in [0.2, 0.25) is 0 Å². The summed E-state index contributed by atoms with van der Waals surface area (Å²) in [4.78, 5) is 17.0. The van der Waals surface area contributed by atoms with E-state index in [0.717, 1.165) is 24.9 Å². The van der Waals surface area contributed by atoms with Gasteiger partial charge in [-0.3, -0.25) is 9.36 Å². The predicted octanol–water partition coefficient (Wildman–Crippen LogP) is 1.67. The Morgan fingerprint density at radius 2 is 1.88 bits per heavy atom. The van der Waals surface area contributed by atoms with E-state index >= 15 is 0 Å². The quantitative estimate of drug-likeness (QED) is 0.792. The topological polar surface area (TPSA) is 85.8 Å². The van der Waals surface area contributed by atoms with Crippen molar-refractivity contribution < 1.29 is 5.11 Å². The number of rotatable bonds is 3. The van der Waals surface area contributed by atoms with Crippen LogP contribution in [0.25, 0.3) is 16.9 Å². The van der Waals surface area contributed by atoms with Gasteiger partial charge in [-0.15, -0.1) is 5.10 Å². The van der Waals surface area contributed by atoms with Gasteiger partial charge in [-0.1, -0.05) is 42.7 Å². The number of nitrogens with zero attached hydrogens (tertiary/aromatic N) is 5. The molecule has 1 fully saturated rings. The molecule has 7 heteroatoms. The fourth-order valence-electron chi connectivity index (χ4n) is 3.38. The van der Waals surface area contributed by atoms with E-state index in [1.165, 1.54) is 10.9 Å². The summed E-state index contributed by atoms with van der Waals surface area (Å²) >= 11 is 0. The first kappa shape index (κ1) is 15.0. The second kappa shape index (κ2) is 5.83. The van der Waals surface area contributed by atoms with E-state index in [4.69, 9.17) is 0 Å². The minimum Gasteiger partial charge on any atom is -0.388 e. The fourth-order valence-corrected chi connectivity index (χ4v) is 3.38. The van der Waals surface area contributed by atoms with Crippen molar-refractivity contribution >= 4 is 11.2 Å². The van der Waals surface area contributed by atoms with Crippen LogP contribution < -0.4 is 5.56 Å². The number of aromatic nitrogens is 5. The summed E-state index contributed by atoms with van der Waals surface area (Å²) in [5, 5.41) is 18.7. The molecule has 0 spiro atoms. The molecular weight excluding hydrogens is 306 g/mol. The number of fused-ring (bicyclic) bond motifs is 1. The highest BCUT2D eigenvalue weighted by molar-refractivity contribution is 5.70. The molecule has 1 aliphatic carbocycles. The Kier molecular flexibility index (Phi) is 3.65. The summed E-state index contributed by atoms with van der Waals surface area (Å²) in [5.41, 5.74) is 0.364. The minimum atomic E-state index is -0.827. The fraction of sp³-hybridized carbons (Fsp3) is 0.412. The molecular formula is C17H19N5O2. The average molecular weight is 325 g/mol. The van der Waals surface area contributed by atoms with Crippen molar-refractivity contribution in [3.63, 3.8) is 0 Å². The Morgan fingerprint density at radius 1 is 1.12 bits per heavy atom. The van der Waals surface area contributed by atoms with Crippen LogP contribution in [-0.4, -0.2) is 35.3 Å². The van der Waals surface area contributed by atoms with Gasteiger partial charge in [-0.25, -0.2) is 4.98 Å². The highest BCUT2D eigenvalue weighted by Gasteiger charge is 2.30. The Morgan fingerprint density at radius 3 is 2.62 bits per heavy atom. The molecule has 124 valence electrons. The maximum absolute atomic E-state index is 12.7. The lowest BCUT2D eigenvalue weighted by molar-refractivity contribution is -0.0123. The molecule has 7 nitrogen and oxygen atoms in total. The second-order valence-electron chi connectivity index (χ2n) is 6.47. The summed E-state index contributed by atoms with van der Waals surface area (Å²) < 4.78 is 3.01. The van der Waals surface area contributed by atoms with Crippen LogP contribution in [0, 0.1) is 0 Å². The van der Waals surface area contributed by atoms with Gasteiger partial charge < -0.3 is 5.11 Å². The van der Waals surface area contributed by atoms with E-state index < -0.39 is 5.60 Å². The molecule has 0 atom stereocenters. The number of hydrogen-bond donors (Lipinski definition) is 1. The smallest absolute Gasteiger partial charge is 0.283 e. The van der Waals surface area contributed by atoms with Crippen LogP contribution in [0.1, 0.15) is 32.1 Å². The lowest BCUT2D eigenvalue weighted by Gasteiger charge is -2.32. The van der Waals surface area contributed by atoms with Crippen molar-refractivity contribution in [3.05, 3.63) is 47.0 Å². The standard InChI is InChI=1S/C17H19N5O2/c23-16-14-15(22(20-19-14)13-7-3-1-4-8-13)18-12-21(16)11-17(24)9-5-2-6-10-17/h1,3-4,7-8,12,24H,2,5-6,9-11H2. The molecule has 4 rings (SSSR count). The van der Waals surface area contributed by atoms with Crippen molar-refractivity contribution in [2.75, 3.05) is 0 Å². The Bertz CT molecular complexity index is 910. The molecule has 1 N–H and O–H groups in total. The third-order valence-corrected chi connectivity index (χ3v) is 4.68. The van der Waals surface area contributed by atoms with Gasteiger partial charge in [-0.05, 0) is 25.0 Å². The highest BCUT2D eigenvalue weighted by Crippen LogP contribution is 2.29. The molecule has 1 saturated carbocycles. The van der Waals surface area contributed by atoms with Crippen LogP contribution in [0.2, 0.25) is 0 Å². The SMILES string of the molecule is O=c1c2nnn(-c3ccccc3)c2ncn1CC1(O)CCCCC1. The van der Waals surface area contributed by atoms with E-state index in [1.54, 1.807) is 4.68 Å². The van der Waals surface area contributed by atoms with Crippen LogP contribution >= 0.6 is 0 Å². The van der Waals surface area contributed by atoms with E-state index in [2.05, 4.69) is 15.3 Å². The molecule has 0 unspecified atom stereocenters. The zero-order valence-corrected chi connectivity index (χ0v) is 13.3. The highest BCUT2D eigenvalue weighted by atomic mass is 16.3. The molecule has 24 heavy (non-hydrogen) atoms. The Balaban J connectivity index is 1.73. The molecule has 1 aromatic carbocycles. The first-order valence-corrected chi connectivity index (χ1v) is 8.25. The molecule has 0 aliphatic heterocycles. The first-order valence-electron chi connectivity index (χ1n) is 8.25. The van der Waals surface area contributed by atoms with Gasteiger partial charge in [0.15, 0.2) is 11.2 Å². The van der Waals surface area contributed by atoms with Crippen molar-refractivity contribution in [1.82, 2.24) is 24.5 Å². The van der Waals surface area contributed by atoms with Crippen LogP contribution in [-0.2, 0) is 6.54 Å². The summed E-state index contributed by atoms with van der Waals surface area (Å²) in [6.07, 6.45) is 6.04. The van der Waals surface area contributed by atoms with E-state index in [9.17, 15) is 9.90 Å². The third kappa shape index (κ3) is 2.60. The van der Waals surface area contributed by atoms with Gasteiger partial charge >= 0.3 is 0 Å². The summed E-state index contributed by atoms with van der Waals surface area (Å²) in [5.74, 6) is 0. The first-order chi connectivity index (χ1) is 11.7. The molecule has 1 aliphatic rings. The van der Waals surface area contributed by atoms with E-state index in [-0.39, 0.29) is 17.6 Å². The summed E-state index contributed by atoms with van der Waals surface area (Å²) in [7, 11) is 0. The predicted molar refractivity (Wildman–Crippen MR) is 89.0 cm³/mol. The van der Waals surface area contributed by atoms with Crippen molar-refractivity contribution in [2.24, 2.45) is 0 Å². The average Bonchev–Trinajstić information content (AvgIpc) is 3.03. The summed E-state index contributed by atoms with van der Waals surface area (Å²) in [6.45, 7) is 0.257. The zero-order chi connectivity index (χ0) is 16.6. The molecule has 2 heterocycles. The normalized spacial score (nSPS) is 17.2. The van der Waals surface area contributed by atoms with Crippen molar-refractivity contribution in [1.29, 1.82) is 0 Å². The van der Waals surface area contributed by atoms with Crippen LogP contribution in [0.3, 0.4) is 0 Å². The Labute approximate surface area is 138 Å². The molecule has 0 bridgehead atoms.